The van der Waals surface area contributed by atoms with E-state index in [1.807, 2.05) is 21.1 Å². The lowest BCUT2D eigenvalue weighted by Gasteiger charge is -2.26. The highest BCUT2D eigenvalue weighted by Gasteiger charge is 2.21. The van der Waals surface area contributed by atoms with Gasteiger partial charge >= 0.3 is 11.9 Å². The first-order valence-electron chi connectivity index (χ1n) is 21.1. The van der Waals surface area contributed by atoms with Crippen LogP contribution in [-0.4, -0.2) is 82.3 Å². The number of carboxylic acids is 1. The van der Waals surface area contributed by atoms with E-state index in [9.17, 15) is 19.5 Å². The van der Waals surface area contributed by atoms with Crippen molar-refractivity contribution in [1.29, 1.82) is 0 Å². The molecule has 0 rings (SSSR count). The Morgan fingerprint density at radius 2 is 1.04 bits per heavy atom. The molecule has 2 unspecified atom stereocenters. The summed E-state index contributed by atoms with van der Waals surface area (Å²) in [4.78, 5) is 36.9. The van der Waals surface area contributed by atoms with Crippen molar-refractivity contribution in [3.8, 4) is 0 Å². The van der Waals surface area contributed by atoms with Gasteiger partial charge in [-0.1, -0.05) is 119 Å². The molecule has 0 amide bonds. The third-order valence-corrected chi connectivity index (χ3v) is 8.44. The number of hydrogen-bond donors (Lipinski definition) is 0. The predicted octanol–water partition coefficient (Wildman–Crippen LogP) is 9.44. The van der Waals surface area contributed by atoms with Crippen LogP contribution in [0.2, 0.25) is 0 Å². The number of aliphatic carboxylic acids is 1. The van der Waals surface area contributed by atoms with Crippen molar-refractivity contribution >= 4 is 17.9 Å². The van der Waals surface area contributed by atoms with Crippen LogP contribution in [0.25, 0.3) is 0 Å². The number of likely N-dealkylation sites (N-methyl/N-ethyl adjacent to an activating group) is 1. The second-order valence-corrected chi connectivity index (χ2v) is 14.9. The zero-order valence-corrected chi connectivity index (χ0v) is 35.3. The van der Waals surface area contributed by atoms with Crippen LogP contribution in [0, 0.1) is 0 Å². The normalized spacial score (nSPS) is 13.7. The van der Waals surface area contributed by atoms with Crippen molar-refractivity contribution in [2.24, 2.45) is 0 Å². The van der Waals surface area contributed by atoms with Gasteiger partial charge in [-0.2, -0.15) is 0 Å². The number of unbranched alkanes of at least 4 members (excludes halogenated alkanes) is 10. The van der Waals surface area contributed by atoms with Crippen LogP contribution in [0.3, 0.4) is 0 Å². The fourth-order valence-electron chi connectivity index (χ4n) is 5.14. The summed E-state index contributed by atoms with van der Waals surface area (Å²) in [5, 5.41) is 11.7. The highest BCUT2D eigenvalue weighted by molar-refractivity contribution is 5.70. The molecule has 0 spiro atoms. The highest BCUT2D eigenvalue weighted by atomic mass is 16.7. The second kappa shape index (κ2) is 37.6. The van der Waals surface area contributed by atoms with E-state index >= 15 is 0 Å². The van der Waals surface area contributed by atoms with Gasteiger partial charge in [0, 0.05) is 12.8 Å². The van der Waals surface area contributed by atoms with Gasteiger partial charge < -0.3 is 33.3 Å². The molecule has 0 aliphatic rings. The van der Waals surface area contributed by atoms with E-state index in [4.69, 9.17) is 18.9 Å². The van der Waals surface area contributed by atoms with E-state index in [2.05, 4.69) is 86.8 Å². The first-order chi connectivity index (χ1) is 26.6. The fourth-order valence-corrected chi connectivity index (χ4v) is 5.14. The summed E-state index contributed by atoms with van der Waals surface area (Å²) in [6.45, 7) is 4.50. The first-order valence-corrected chi connectivity index (χ1v) is 21.1. The molecular formula is C46H77NO8. The van der Waals surface area contributed by atoms with Crippen LogP contribution < -0.4 is 5.11 Å². The third kappa shape index (κ3) is 38.8. The van der Waals surface area contributed by atoms with E-state index < -0.39 is 24.3 Å². The molecule has 9 nitrogen and oxygen atoms in total. The lowest BCUT2D eigenvalue weighted by Crippen LogP contribution is -2.44. The molecule has 0 aromatic carbocycles. The van der Waals surface area contributed by atoms with Crippen LogP contribution in [0.15, 0.2) is 72.9 Å². The van der Waals surface area contributed by atoms with Gasteiger partial charge in [0.2, 0.25) is 0 Å². The summed E-state index contributed by atoms with van der Waals surface area (Å²) in [5.41, 5.74) is 0. The van der Waals surface area contributed by atoms with Crippen molar-refractivity contribution < 1.29 is 42.9 Å². The minimum Gasteiger partial charge on any atom is -0.545 e. The molecule has 2 atom stereocenters. The van der Waals surface area contributed by atoms with Crippen LogP contribution in [-0.2, 0) is 33.3 Å². The van der Waals surface area contributed by atoms with Gasteiger partial charge in [-0.05, 0) is 83.5 Å². The molecule has 0 radical (unpaired) electrons. The number of carbonyl (C=O) groups is 3. The van der Waals surface area contributed by atoms with Gasteiger partial charge in [0.05, 0.1) is 40.3 Å². The highest BCUT2D eigenvalue weighted by Crippen LogP contribution is 2.11. The summed E-state index contributed by atoms with van der Waals surface area (Å²) in [6, 6.07) is 0. The minimum atomic E-state index is -1.64. The standard InChI is InChI=1S/C46H77NO8/c1-6-8-10-12-14-16-18-20-22-24-26-28-30-32-34-36-43(48)53-40-42(41-54-46(45(50)51)52-39-38-47(3,4)5)55-44(49)37-35-33-31-29-27-25-23-21-19-17-15-13-11-9-7-2/h9,11,14-17,20-23,27,29,42,46H,6-8,10,12-13,18-19,24-26,28,30-41H2,1-5H3/b11-9-,16-14-,17-15-,22-20-,23-21-,29-27-. The number of carboxylic acid groups (broad SMARTS) is 1. The zero-order chi connectivity index (χ0) is 40.7. The molecule has 0 aliphatic carbocycles. The van der Waals surface area contributed by atoms with Crippen molar-refractivity contribution in [1.82, 2.24) is 0 Å². The van der Waals surface area contributed by atoms with E-state index in [1.54, 1.807) is 0 Å². The Kier molecular flexibility index (Phi) is 35.4. The Bertz CT molecular complexity index is 1130. The van der Waals surface area contributed by atoms with Gasteiger partial charge in [-0.15, -0.1) is 0 Å². The molecule has 0 saturated carbocycles. The van der Waals surface area contributed by atoms with E-state index in [-0.39, 0.29) is 38.6 Å². The van der Waals surface area contributed by atoms with Gasteiger partial charge in [-0.25, -0.2) is 0 Å². The van der Waals surface area contributed by atoms with Gasteiger partial charge in [0.1, 0.15) is 13.2 Å². The molecule has 0 aromatic rings. The van der Waals surface area contributed by atoms with Gasteiger partial charge in [0.25, 0.3) is 0 Å². The lowest BCUT2D eigenvalue weighted by molar-refractivity contribution is -0.870. The van der Waals surface area contributed by atoms with Crippen molar-refractivity contribution in [2.75, 3.05) is 47.5 Å². The smallest absolute Gasteiger partial charge is 0.306 e. The molecular weight excluding hydrogens is 695 g/mol. The quantitative estimate of drug-likeness (QED) is 0.0202. The van der Waals surface area contributed by atoms with Crippen LogP contribution in [0.1, 0.15) is 142 Å². The number of nitrogens with zero attached hydrogens (tertiary/aromatic N) is 1. The third-order valence-electron chi connectivity index (χ3n) is 8.44. The Morgan fingerprint density at radius 1 is 0.564 bits per heavy atom. The Morgan fingerprint density at radius 3 is 1.58 bits per heavy atom. The molecule has 314 valence electrons. The monoisotopic (exact) mass is 772 g/mol. The maximum atomic E-state index is 12.7. The maximum Gasteiger partial charge on any atom is 0.306 e. The van der Waals surface area contributed by atoms with E-state index in [0.717, 1.165) is 77.0 Å². The maximum absolute atomic E-state index is 12.7. The van der Waals surface area contributed by atoms with Crippen LogP contribution >= 0.6 is 0 Å². The molecule has 0 aromatic heterocycles. The number of esters is 2. The summed E-state index contributed by atoms with van der Waals surface area (Å²) in [6.07, 6.45) is 42.2. The van der Waals surface area contributed by atoms with Gasteiger partial charge in [0.15, 0.2) is 12.4 Å². The van der Waals surface area contributed by atoms with Crippen molar-refractivity contribution in [3.63, 3.8) is 0 Å². The van der Waals surface area contributed by atoms with Crippen molar-refractivity contribution in [2.45, 2.75) is 155 Å². The number of carbonyl (C=O) groups excluding carboxylic acids is 3. The average molecular weight is 772 g/mol. The molecule has 0 saturated heterocycles. The summed E-state index contributed by atoms with van der Waals surface area (Å²) in [7, 11) is 5.88. The van der Waals surface area contributed by atoms with E-state index in [1.165, 1.54) is 25.7 Å². The number of allylic oxidation sites excluding steroid dienone is 12. The number of quaternary nitrogens is 1. The Balaban J connectivity index is 4.60. The topological polar surface area (TPSA) is 111 Å². The lowest BCUT2D eigenvalue weighted by atomic mass is 10.1. The largest absolute Gasteiger partial charge is 0.545 e. The average Bonchev–Trinajstić information content (AvgIpc) is 3.14. The molecule has 55 heavy (non-hydrogen) atoms. The van der Waals surface area contributed by atoms with E-state index in [0.29, 0.717) is 23.9 Å². The molecule has 0 heterocycles. The van der Waals surface area contributed by atoms with Crippen molar-refractivity contribution in [3.05, 3.63) is 72.9 Å². The predicted molar refractivity (Wildman–Crippen MR) is 223 cm³/mol. The summed E-state index contributed by atoms with van der Waals surface area (Å²) < 4.78 is 22.4. The second-order valence-electron chi connectivity index (χ2n) is 14.9. The molecule has 0 aliphatic heterocycles. The number of hydrogen-bond acceptors (Lipinski definition) is 8. The minimum absolute atomic E-state index is 0.133. The van der Waals surface area contributed by atoms with Gasteiger partial charge in [-0.3, -0.25) is 9.59 Å². The molecule has 0 fully saturated rings. The first kappa shape index (κ1) is 51.7. The molecule has 0 N–H and O–H groups in total. The fraction of sp³-hybridized carbons (Fsp3) is 0.674. The Hall–Kier alpha value is -3.27. The summed E-state index contributed by atoms with van der Waals surface area (Å²) in [5.74, 6) is -2.37. The number of rotatable bonds is 37. The van der Waals surface area contributed by atoms with Crippen LogP contribution in [0.5, 0.6) is 0 Å². The zero-order valence-electron chi connectivity index (χ0n) is 35.3. The SMILES string of the molecule is CC/C=C\C/C=C\C/C=C\C/C=C\CCCCC(=O)OC(COC(=O)CCCCCCC/C=C\C/C=C\CCCCC)COC(OCC[N+](C)(C)C)C(=O)[O-]. The summed E-state index contributed by atoms with van der Waals surface area (Å²) >= 11 is 0. The molecule has 9 heteroatoms. The number of ether oxygens (including phenoxy) is 4. The molecule has 0 bridgehead atoms. The Labute approximate surface area is 335 Å². The van der Waals surface area contributed by atoms with Crippen LogP contribution in [0.4, 0.5) is 0 Å².